The third-order valence-electron chi connectivity index (χ3n) is 3.77. The minimum absolute atomic E-state index is 0.0629. The van der Waals surface area contributed by atoms with E-state index in [4.69, 9.17) is 5.21 Å². The van der Waals surface area contributed by atoms with E-state index in [0.29, 0.717) is 5.71 Å². The van der Waals surface area contributed by atoms with Crippen molar-refractivity contribution in [3.63, 3.8) is 0 Å². The van der Waals surface area contributed by atoms with E-state index in [1.54, 1.807) is 19.1 Å². The molecule has 3 aromatic rings. The number of fused-ring (bicyclic) bond motifs is 3. The molecule has 0 saturated carbocycles. The lowest BCUT2D eigenvalue weighted by molar-refractivity contribution is -0.384. The summed E-state index contributed by atoms with van der Waals surface area (Å²) in [4.78, 5) is 10.6. The molecule has 0 bridgehead atoms. The van der Waals surface area contributed by atoms with E-state index < -0.39 is 4.92 Å². The molecule has 21 heavy (non-hydrogen) atoms. The van der Waals surface area contributed by atoms with Gasteiger partial charge in [-0.25, -0.2) is 0 Å². The Labute approximate surface area is 120 Å². The molecule has 0 spiro atoms. The van der Waals surface area contributed by atoms with Crippen LogP contribution in [0.3, 0.4) is 0 Å². The average Bonchev–Trinajstić information content (AvgIpc) is 2.78. The molecule has 0 aliphatic rings. The lowest BCUT2D eigenvalue weighted by Crippen LogP contribution is -1.94. The quantitative estimate of drug-likeness (QED) is 0.338. The van der Waals surface area contributed by atoms with E-state index in [0.717, 1.165) is 27.4 Å². The van der Waals surface area contributed by atoms with Gasteiger partial charge >= 0.3 is 0 Å². The molecule has 0 amide bonds. The molecule has 106 valence electrons. The molecule has 0 aliphatic heterocycles. The number of aromatic nitrogens is 1. The predicted molar refractivity (Wildman–Crippen MR) is 81.1 cm³/mol. The summed E-state index contributed by atoms with van der Waals surface area (Å²) in [5.41, 5.74) is 3.24. The maximum atomic E-state index is 11.0. The van der Waals surface area contributed by atoms with Crippen LogP contribution in [0.25, 0.3) is 21.8 Å². The number of rotatable bonds is 2. The first kappa shape index (κ1) is 13.1. The number of benzene rings is 2. The molecule has 1 aromatic heterocycles. The third-order valence-corrected chi connectivity index (χ3v) is 3.77. The fraction of sp³-hybridized carbons (Fsp3) is 0.133. The van der Waals surface area contributed by atoms with Crippen molar-refractivity contribution in [1.82, 2.24) is 4.57 Å². The van der Waals surface area contributed by atoms with E-state index in [2.05, 4.69) is 5.16 Å². The first-order valence-corrected chi connectivity index (χ1v) is 6.38. The molecule has 0 aliphatic carbocycles. The lowest BCUT2D eigenvalue weighted by Gasteiger charge is -2.00. The highest BCUT2D eigenvalue weighted by atomic mass is 16.6. The van der Waals surface area contributed by atoms with Crippen molar-refractivity contribution < 1.29 is 10.1 Å². The Kier molecular flexibility index (Phi) is 2.86. The largest absolute Gasteiger partial charge is 0.411 e. The topological polar surface area (TPSA) is 80.7 Å². The summed E-state index contributed by atoms with van der Waals surface area (Å²) in [7, 11) is 1.92. The van der Waals surface area contributed by atoms with Gasteiger partial charge in [-0.1, -0.05) is 11.2 Å². The van der Waals surface area contributed by atoms with Gasteiger partial charge in [-0.15, -0.1) is 0 Å². The Morgan fingerprint density at radius 3 is 2.43 bits per heavy atom. The van der Waals surface area contributed by atoms with Crippen LogP contribution in [0.4, 0.5) is 5.69 Å². The van der Waals surface area contributed by atoms with Crippen LogP contribution >= 0.6 is 0 Å². The van der Waals surface area contributed by atoms with Gasteiger partial charge in [0.15, 0.2) is 0 Å². The second-order valence-electron chi connectivity index (χ2n) is 4.93. The van der Waals surface area contributed by atoms with Gasteiger partial charge in [0, 0.05) is 41.0 Å². The van der Waals surface area contributed by atoms with E-state index in [1.807, 2.05) is 29.8 Å². The molecule has 1 N–H and O–H groups in total. The van der Waals surface area contributed by atoms with Crippen molar-refractivity contribution >= 4 is 33.2 Å². The first-order chi connectivity index (χ1) is 10.0. The zero-order chi connectivity index (χ0) is 15.1. The smallest absolute Gasteiger partial charge is 0.270 e. The first-order valence-electron chi connectivity index (χ1n) is 6.38. The molecule has 3 rings (SSSR count). The molecule has 0 unspecified atom stereocenters. The number of nitrogens with zero attached hydrogens (tertiary/aromatic N) is 3. The van der Waals surface area contributed by atoms with Crippen LogP contribution in [0.1, 0.15) is 12.5 Å². The van der Waals surface area contributed by atoms with Gasteiger partial charge in [0.05, 0.1) is 10.6 Å². The normalized spacial score (nSPS) is 12.2. The van der Waals surface area contributed by atoms with Crippen LogP contribution in [0.2, 0.25) is 0 Å². The van der Waals surface area contributed by atoms with Crippen LogP contribution < -0.4 is 0 Å². The second kappa shape index (κ2) is 4.59. The summed E-state index contributed by atoms with van der Waals surface area (Å²) in [6.07, 6.45) is 0. The number of nitro groups is 1. The van der Waals surface area contributed by atoms with Gasteiger partial charge in [0.1, 0.15) is 0 Å². The van der Waals surface area contributed by atoms with E-state index in [1.165, 1.54) is 6.07 Å². The number of hydrogen-bond acceptors (Lipinski definition) is 4. The van der Waals surface area contributed by atoms with Crippen molar-refractivity contribution in [1.29, 1.82) is 0 Å². The summed E-state index contributed by atoms with van der Waals surface area (Å²) < 4.78 is 1.99. The van der Waals surface area contributed by atoms with Crippen LogP contribution in [0.5, 0.6) is 0 Å². The van der Waals surface area contributed by atoms with Crippen molar-refractivity contribution in [3.8, 4) is 0 Å². The van der Waals surface area contributed by atoms with Crippen LogP contribution in [0.15, 0.2) is 41.6 Å². The number of non-ortho nitro benzene ring substituents is 1. The van der Waals surface area contributed by atoms with E-state index in [-0.39, 0.29) is 5.69 Å². The van der Waals surface area contributed by atoms with E-state index in [9.17, 15) is 10.1 Å². The number of nitro benzene ring substituents is 1. The Balaban J connectivity index is 2.40. The lowest BCUT2D eigenvalue weighted by atomic mass is 10.1. The Hall–Kier alpha value is -2.89. The molecule has 2 aromatic carbocycles. The van der Waals surface area contributed by atoms with Gasteiger partial charge in [0.25, 0.3) is 5.69 Å². The maximum Gasteiger partial charge on any atom is 0.270 e. The standard InChI is InChI=1S/C15H13N3O3/c1-9(16-19)10-3-5-14-12(7-10)13-8-11(18(20)21)4-6-15(13)17(14)2/h3-8,19H,1-2H3/b16-9+. The highest BCUT2D eigenvalue weighted by Crippen LogP contribution is 2.31. The molecule has 0 atom stereocenters. The molecular formula is C15H13N3O3. The predicted octanol–water partition coefficient (Wildman–Crippen LogP) is 3.44. The van der Waals surface area contributed by atoms with Gasteiger partial charge < -0.3 is 9.77 Å². The van der Waals surface area contributed by atoms with Gasteiger partial charge in [-0.3, -0.25) is 10.1 Å². The van der Waals surface area contributed by atoms with Crippen LogP contribution in [-0.4, -0.2) is 20.4 Å². The summed E-state index contributed by atoms with van der Waals surface area (Å²) >= 11 is 0. The highest BCUT2D eigenvalue weighted by Gasteiger charge is 2.13. The summed E-state index contributed by atoms with van der Waals surface area (Å²) in [6, 6.07) is 10.5. The monoisotopic (exact) mass is 283 g/mol. The SMILES string of the molecule is C/C(=N\O)c1ccc2c(c1)c1cc([N+](=O)[O-])ccc1n2C. The van der Waals surface area contributed by atoms with Gasteiger partial charge in [0.2, 0.25) is 0 Å². The molecule has 0 fully saturated rings. The summed E-state index contributed by atoms with van der Waals surface area (Å²) in [5, 5.41) is 24.8. The molecule has 6 nitrogen and oxygen atoms in total. The Morgan fingerprint density at radius 1 is 1.19 bits per heavy atom. The van der Waals surface area contributed by atoms with Gasteiger partial charge in [-0.05, 0) is 30.7 Å². The fourth-order valence-electron chi connectivity index (χ4n) is 2.60. The molecular weight excluding hydrogens is 270 g/mol. The Bertz CT molecular complexity index is 909. The molecule has 1 heterocycles. The zero-order valence-corrected chi connectivity index (χ0v) is 11.6. The number of hydrogen-bond donors (Lipinski definition) is 1. The highest BCUT2D eigenvalue weighted by molar-refractivity contribution is 6.11. The average molecular weight is 283 g/mol. The zero-order valence-electron chi connectivity index (χ0n) is 11.6. The van der Waals surface area contributed by atoms with Crippen molar-refractivity contribution in [2.45, 2.75) is 6.92 Å². The minimum Gasteiger partial charge on any atom is -0.411 e. The molecule has 0 radical (unpaired) electrons. The third kappa shape index (κ3) is 1.92. The fourth-order valence-corrected chi connectivity index (χ4v) is 2.60. The van der Waals surface area contributed by atoms with Crippen molar-refractivity contribution in [3.05, 3.63) is 52.1 Å². The van der Waals surface area contributed by atoms with Gasteiger partial charge in [-0.2, -0.15) is 0 Å². The van der Waals surface area contributed by atoms with Crippen LogP contribution in [-0.2, 0) is 7.05 Å². The summed E-state index contributed by atoms with van der Waals surface area (Å²) in [5.74, 6) is 0. The maximum absolute atomic E-state index is 11.0. The number of aryl methyl sites for hydroxylation is 1. The van der Waals surface area contributed by atoms with E-state index >= 15 is 0 Å². The number of oxime groups is 1. The van der Waals surface area contributed by atoms with Crippen molar-refractivity contribution in [2.24, 2.45) is 12.2 Å². The second-order valence-corrected chi connectivity index (χ2v) is 4.93. The molecule has 0 saturated heterocycles. The molecule has 6 heteroatoms. The Morgan fingerprint density at radius 2 is 1.81 bits per heavy atom. The van der Waals surface area contributed by atoms with Crippen LogP contribution in [0, 0.1) is 10.1 Å². The van der Waals surface area contributed by atoms with Crippen molar-refractivity contribution in [2.75, 3.05) is 0 Å². The summed E-state index contributed by atoms with van der Waals surface area (Å²) in [6.45, 7) is 1.70. The minimum atomic E-state index is -0.400.